The quantitative estimate of drug-likeness (QED) is 0.582. The van der Waals surface area contributed by atoms with Gasteiger partial charge in [0.1, 0.15) is 0 Å². The number of aliphatic hydroxyl groups is 1. The van der Waals surface area contributed by atoms with Crippen molar-refractivity contribution in [3.8, 4) is 11.5 Å². The highest BCUT2D eigenvalue weighted by molar-refractivity contribution is 6.72. The first-order chi connectivity index (χ1) is 15.0. The number of benzene rings is 2. The number of phenols is 1. The molecule has 1 aliphatic heterocycles. The van der Waals surface area contributed by atoms with E-state index in [4.69, 9.17) is 9.15 Å². The van der Waals surface area contributed by atoms with Crippen LogP contribution in [0.2, 0.25) is 0 Å². The zero-order valence-corrected chi connectivity index (χ0v) is 16.3. The summed E-state index contributed by atoms with van der Waals surface area (Å²) >= 11 is 0. The molecule has 9 heteroatoms. The van der Waals surface area contributed by atoms with Gasteiger partial charge in [-0.25, -0.2) is 9.98 Å². The van der Waals surface area contributed by atoms with Gasteiger partial charge in [-0.15, -0.1) is 0 Å². The van der Waals surface area contributed by atoms with Crippen LogP contribution in [-0.2, 0) is 11.4 Å². The number of ketones is 1. The van der Waals surface area contributed by atoms with Crippen LogP contribution in [0.25, 0.3) is 0 Å². The van der Waals surface area contributed by atoms with E-state index in [-0.39, 0.29) is 40.1 Å². The number of amidine groups is 1. The normalized spacial score (nSPS) is 14.2. The second kappa shape index (κ2) is 8.25. The topological polar surface area (TPSA) is 134 Å². The van der Waals surface area contributed by atoms with Crippen LogP contribution < -0.4 is 10.1 Å². The summed E-state index contributed by atoms with van der Waals surface area (Å²) in [7, 11) is 1.37. The Morgan fingerprint density at radius 1 is 1.19 bits per heavy atom. The lowest BCUT2D eigenvalue weighted by molar-refractivity contribution is -0.110. The molecule has 9 nitrogen and oxygen atoms in total. The molecule has 0 saturated heterocycles. The van der Waals surface area contributed by atoms with Crippen molar-refractivity contribution in [2.75, 3.05) is 12.4 Å². The van der Waals surface area contributed by atoms with Crippen molar-refractivity contribution in [3.05, 3.63) is 71.5 Å². The fourth-order valence-corrected chi connectivity index (χ4v) is 3.09. The van der Waals surface area contributed by atoms with E-state index >= 15 is 0 Å². The van der Waals surface area contributed by atoms with Crippen LogP contribution in [0.4, 0.5) is 11.6 Å². The second-order valence-electron chi connectivity index (χ2n) is 6.52. The number of amides is 1. The molecule has 4 rings (SSSR count). The van der Waals surface area contributed by atoms with Gasteiger partial charge in [-0.2, -0.15) is 0 Å². The summed E-state index contributed by atoms with van der Waals surface area (Å²) in [5, 5.41) is 22.1. The number of nitrogens with one attached hydrogen (secondary N) is 1. The average Bonchev–Trinajstić information content (AvgIpc) is 3.29. The Bertz CT molecular complexity index is 1200. The monoisotopic (exact) mass is 419 g/mol. The minimum atomic E-state index is -0.735. The van der Waals surface area contributed by atoms with Crippen LogP contribution in [-0.4, -0.2) is 40.6 Å². The lowest BCUT2D eigenvalue weighted by Gasteiger charge is -2.16. The number of hydrogen-bond acceptors (Lipinski definition) is 7. The van der Waals surface area contributed by atoms with Crippen molar-refractivity contribution in [2.45, 2.75) is 6.61 Å². The standard InChI is InChI=1S/C22H17N3O6/c1-30-16-10-13(9-12(11-26)19(16)27)23-21-15-6-3-2-5-14(15)20(28)18(25-21)22(29)24-17-7-4-8-31-17/h2-10,26-27H,11H2,1H3,(H,24,29). The number of furan rings is 1. The van der Waals surface area contributed by atoms with Gasteiger partial charge in [-0.3, -0.25) is 14.9 Å². The van der Waals surface area contributed by atoms with Crippen molar-refractivity contribution in [2.24, 2.45) is 9.98 Å². The highest BCUT2D eigenvalue weighted by Gasteiger charge is 2.31. The van der Waals surface area contributed by atoms with Gasteiger partial charge in [0.25, 0.3) is 5.91 Å². The Morgan fingerprint density at radius 3 is 2.65 bits per heavy atom. The number of Topliss-reactive ketones (excluding diaryl/α,β-unsaturated/α-hetero) is 1. The first-order valence-corrected chi connectivity index (χ1v) is 9.19. The molecule has 0 aliphatic carbocycles. The summed E-state index contributed by atoms with van der Waals surface area (Å²) in [4.78, 5) is 34.2. The van der Waals surface area contributed by atoms with Crippen LogP contribution in [0.15, 0.2) is 69.2 Å². The molecule has 0 atom stereocenters. The number of carbonyl (C=O) groups excluding carboxylic acids is 2. The average molecular weight is 419 g/mol. The number of ether oxygens (including phenoxy) is 1. The summed E-state index contributed by atoms with van der Waals surface area (Å²) < 4.78 is 10.2. The predicted octanol–water partition coefficient (Wildman–Crippen LogP) is 2.84. The first kappa shape index (κ1) is 20.0. The molecule has 1 aliphatic rings. The van der Waals surface area contributed by atoms with Crippen molar-refractivity contribution in [3.63, 3.8) is 0 Å². The molecule has 0 fully saturated rings. The third-order valence-electron chi connectivity index (χ3n) is 4.58. The van der Waals surface area contributed by atoms with E-state index < -0.39 is 18.3 Å². The minimum absolute atomic E-state index is 0.117. The van der Waals surface area contributed by atoms with Crippen LogP contribution in [0, 0.1) is 0 Å². The minimum Gasteiger partial charge on any atom is -0.504 e. The van der Waals surface area contributed by atoms with Gasteiger partial charge in [0.05, 0.1) is 25.7 Å². The van der Waals surface area contributed by atoms with Crippen molar-refractivity contribution < 1.29 is 29.0 Å². The highest BCUT2D eigenvalue weighted by atomic mass is 16.5. The number of aliphatic imine (C=N–C) groups is 2. The van der Waals surface area contributed by atoms with E-state index in [1.807, 2.05) is 0 Å². The fraction of sp³-hybridized carbons (Fsp3) is 0.0909. The number of hydrogen-bond donors (Lipinski definition) is 3. The summed E-state index contributed by atoms with van der Waals surface area (Å²) in [6, 6.07) is 12.7. The third-order valence-corrected chi connectivity index (χ3v) is 4.58. The molecule has 2 aromatic carbocycles. The Hall–Kier alpha value is -4.24. The van der Waals surface area contributed by atoms with Crippen molar-refractivity contribution in [1.29, 1.82) is 0 Å². The van der Waals surface area contributed by atoms with E-state index in [2.05, 4.69) is 15.3 Å². The van der Waals surface area contributed by atoms with E-state index in [1.165, 1.54) is 31.6 Å². The molecular weight excluding hydrogens is 402 g/mol. The fourth-order valence-electron chi connectivity index (χ4n) is 3.09. The molecular formula is C22H17N3O6. The molecule has 31 heavy (non-hydrogen) atoms. The Morgan fingerprint density at radius 2 is 1.97 bits per heavy atom. The molecule has 1 aromatic heterocycles. The smallest absolute Gasteiger partial charge is 0.280 e. The number of rotatable bonds is 5. The molecule has 0 spiro atoms. The third kappa shape index (κ3) is 3.81. The lowest BCUT2D eigenvalue weighted by Crippen LogP contribution is -2.34. The molecule has 0 bridgehead atoms. The number of nitrogens with zero attached hydrogens (tertiary/aromatic N) is 2. The molecule has 3 aromatic rings. The zero-order chi connectivity index (χ0) is 22.0. The molecule has 0 unspecified atom stereocenters. The number of aliphatic hydroxyl groups excluding tert-OH is 1. The predicted molar refractivity (Wildman–Crippen MR) is 112 cm³/mol. The molecule has 0 saturated carbocycles. The van der Waals surface area contributed by atoms with Gasteiger partial charge in [0.15, 0.2) is 28.9 Å². The van der Waals surface area contributed by atoms with Crippen molar-refractivity contribution >= 4 is 34.8 Å². The van der Waals surface area contributed by atoms with Gasteiger partial charge in [-0.1, -0.05) is 24.3 Å². The summed E-state index contributed by atoms with van der Waals surface area (Å²) in [6.07, 6.45) is 1.39. The number of fused-ring (bicyclic) bond motifs is 1. The SMILES string of the molecule is COc1cc(N=C2N=C(C(=O)Nc3ccco3)C(=O)c3ccccc32)cc(CO)c1O. The van der Waals surface area contributed by atoms with E-state index in [1.54, 1.807) is 30.3 Å². The van der Waals surface area contributed by atoms with Crippen molar-refractivity contribution in [1.82, 2.24) is 0 Å². The molecule has 3 N–H and O–H groups in total. The summed E-state index contributed by atoms with van der Waals surface area (Å²) in [5.41, 5.74) is 0.890. The Labute approximate surface area is 176 Å². The number of anilines is 1. The molecule has 156 valence electrons. The van der Waals surface area contributed by atoms with Gasteiger partial charge in [-0.05, 0) is 12.1 Å². The largest absolute Gasteiger partial charge is 0.504 e. The molecule has 2 heterocycles. The van der Waals surface area contributed by atoms with Crippen LogP contribution in [0.5, 0.6) is 11.5 Å². The van der Waals surface area contributed by atoms with Gasteiger partial charge >= 0.3 is 0 Å². The maximum absolute atomic E-state index is 12.9. The Kier molecular flexibility index (Phi) is 5.33. The lowest BCUT2D eigenvalue weighted by atomic mass is 9.96. The maximum Gasteiger partial charge on any atom is 0.280 e. The Balaban J connectivity index is 1.82. The summed E-state index contributed by atoms with van der Waals surface area (Å²) in [5.74, 6) is -1.06. The second-order valence-corrected chi connectivity index (χ2v) is 6.52. The van der Waals surface area contributed by atoms with Crippen LogP contribution in [0.1, 0.15) is 21.5 Å². The highest BCUT2D eigenvalue weighted by Crippen LogP contribution is 2.35. The maximum atomic E-state index is 12.9. The van der Waals surface area contributed by atoms with Gasteiger partial charge in [0.2, 0.25) is 5.78 Å². The summed E-state index contributed by atoms with van der Waals surface area (Å²) in [6.45, 7) is -0.434. The van der Waals surface area contributed by atoms with E-state index in [0.29, 0.717) is 11.3 Å². The van der Waals surface area contributed by atoms with Gasteiger partial charge in [0, 0.05) is 28.8 Å². The van der Waals surface area contributed by atoms with Gasteiger partial charge < -0.3 is 19.4 Å². The van der Waals surface area contributed by atoms with Crippen LogP contribution >= 0.6 is 0 Å². The first-order valence-electron chi connectivity index (χ1n) is 9.19. The zero-order valence-electron chi connectivity index (χ0n) is 16.3. The number of aromatic hydroxyl groups is 1. The van der Waals surface area contributed by atoms with E-state index in [9.17, 15) is 19.8 Å². The number of carbonyl (C=O) groups is 2. The number of methoxy groups -OCH3 is 1. The van der Waals surface area contributed by atoms with Crippen LogP contribution in [0.3, 0.4) is 0 Å². The molecule has 1 amide bonds. The van der Waals surface area contributed by atoms with E-state index in [0.717, 1.165) is 0 Å². The molecule has 0 radical (unpaired) electrons.